The van der Waals surface area contributed by atoms with Gasteiger partial charge in [-0.25, -0.2) is 0 Å². The largest absolute Gasteiger partial charge is 0.355 e. The zero-order valence-electron chi connectivity index (χ0n) is 16.2. The monoisotopic (exact) mass is 387 g/mol. The first-order valence-corrected chi connectivity index (χ1v) is 10.8. The van der Waals surface area contributed by atoms with Gasteiger partial charge in [-0.1, -0.05) is 32.0 Å². The smallest absolute Gasteiger partial charge is 0.242 e. The molecule has 0 atom stereocenters. The molecule has 0 saturated carbocycles. The van der Waals surface area contributed by atoms with Crippen molar-refractivity contribution in [3.63, 3.8) is 0 Å². The van der Waals surface area contributed by atoms with Gasteiger partial charge in [0.15, 0.2) is 0 Å². The summed E-state index contributed by atoms with van der Waals surface area (Å²) in [5.74, 6) is 1.34. The molecule has 1 aliphatic heterocycles. The van der Waals surface area contributed by atoms with E-state index in [1.165, 1.54) is 11.8 Å². The topological polar surface area (TPSA) is 54.3 Å². The van der Waals surface area contributed by atoms with Gasteiger partial charge >= 0.3 is 0 Å². The quantitative estimate of drug-likeness (QED) is 0.740. The van der Waals surface area contributed by atoms with Gasteiger partial charge in [0.1, 0.15) is 6.54 Å². The zero-order valence-corrected chi connectivity index (χ0v) is 17.1. The van der Waals surface area contributed by atoms with Crippen LogP contribution in [0.5, 0.6) is 0 Å². The van der Waals surface area contributed by atoms with Gasteiger partial charge in [-0.05, 0) is 31.2 Å². The molecule has 146 valence electrons. The van der Waals surface area contributed by atoms with Gasteiger partial charge in [0.25, 0.3) is 0 Å². The summed E-state index contributed by atoms with van der Waals surface area (Å²) in [4.78, 5) is 27.7. The van der Waals surface area contributed by atoms with Gasteiger partial charge in [-0.2, -0.15) is 0 Å². The number of aromatic nitrogens is 1. The molecule has 1 N–H and O–H groups in total. The van der Waals surface area contributed by atoms with E-state index < -0.39 is 0 Å². The van der Waals surface area contributed by atoms with Gasteiger partial charge in [0, 0.05) is 41.6 Å². The van der Waals surface area contributed by atoms with E-state index in [1.54, 1.807) is 0 Å². The first-order chi connectivity index (χ1) is 13.1. The van der Waals surface area contributed by atoms with Crippen molar-refractivity contribution in [3.8, 4) is 0 Å². The third kappa shape index (κ3) is 5.06. The number of para-hydroxylation sites is 1. The van der Waals surface area contributed by atoms with E-state index in [0.717, 1.165) is 48.2 Å². The van der Waals surface area contributed by atoms with E-state index in [9.17, 15) is 9.59 Å². The Morgan fingerprint density at radius 3 is 2.70 bits per heavy atom. The number of nitrogens with one attached hydrogen (secondary N) is 1. The van der Waals surface area contributed by atoms with Crippen molar-refractivity contribution in [2.24, 2.45) is 5.92 Å². The summed E-state index contributed by atoms with van der Waals surface area (Å²) in [6.45, 7) is 7.08. The zero-order chi connectivity index (χ0) is 19.2. The Hall–Kier alpha value is -1.95. The van der Waals surface area contributed by atoms with E-state index in [4.69, 9.17) is 0 Å². The first kappa shape index (κ1) is 19.8. The average Bonchev–Trinajstić information content (AvgIpc) is 3.03. The van der Waals surface area contributed by atoms with Crippen molar-refractivity contribution in [2.75, 3.05) is 25.4 Å². The summed E-state index contributed by atoms with van der Waals surface area (Å²) in [5, 5.41) is 4.01. The molecule has 27 heavy (non-hydrogen) atoms. The van der Waals surface area contributed by atoms with Crippen LogP contribution in [0, 0.1) is 5.92 Å². The number of likely N-dealkylation sites (tertiary alicyclic amines) is 1. The molecule has 3 rings (SSSR count). The second-order valence-corrected chi connectivity index (χ2v) is 8.36. The van der Waals surface area contributed by atoms with E-state index >= 15 is 0 Å². The highest BCUT2D eigenvalue weighted by atomic mass is 32.2. The predicted octanol–water partition coefficient (Wildman–Crippen LogP) is 3.52. The van der Waals surface area contributed by atoms with Crippen LogP contribution in [0.3, 0.4) is 0 Å². The minimum atomic E-state index is 0.0530. The van der Waals surface area contributed by atoms with Crippen LogP contribution in [0.4, 0.5) is 0 Å². The highest BCUT2D eigenvalue weighted by molar-refractivity contribution is 8.00. The standard InChI is InChI=1S/C21H29N3O2S/c1-3-10-22-20(25)15-27-19-13-24(18-7-5-4-6-17(18)19)14-21(26)23-11-8-16(2)9-12-23/h4-7,13,16H,3,8-12,14-15H2,1-2H3,(H,22,25). The highest BCUT2D eigenvalue weighted by Crippen LogP contribution is 2.30. The number of carbonyl (C=O) groups is 2. The molecule has 1 aromatic carbocycles. The third-order valence-corrected chi connectivity index (χ3v) is 6.17. The molecule has 2 amide bonds. The van der Waals surface area contributed by atoms with Gasteiger partial charge in [-0.15, -0.1) is 11.8 Å². The molecule has 0 spiro atoms. The Morgan fingerprint density at radius 1 is 1.22 bits per heavy atom. The normalized spacial score (nSPS) is 15.3. The van der Waals surface area contributed by atoms with Gasteiger partial charge in [-0.3, -0.25) is 9.59 Å². The SMILES string of the molecule is CCCNC(=O)CSc1cn(CC(=O)N2CCC(C)CC2)c2ccccc12. The lowest BCUT2D eigenvalue weighted by atomic mass is 9.99. The molecule has 1 saturated heterocycles. The summed E-state index contributed by atoms with van der Waals surface area (Å²) in [7, 11) is 0. The van der Waals surface area contributed by atoms with Crippen molar-refractivity contribution >= 4 is 34.5 Å². The molecule has 5 nitrogen and oxygen atoms in total. The fourth-order valence-corrected chi connectivity index (χ4v) is 4.34. The number of piperidine rings is 1. The molecular weight excluding hydrogens is 358 g/mol. The maximum Gasteiger partial charge on any atom is 0.242 e. The molecule has 2 heterocycles. The summed E-state index contributed by atoms with van der Waals surface area (Å²) in [6.07, 6.45) is 5.14. The molecule has 1 aromatic heterocycles. The van der Waals surface area contributed by atoms with E-state index in [1.807, 2.05) is 40.8 Å². The molecule has 0 radical (unpaired) electrons. The van der Waals surface area contributed by atoms with E-state index in [2.05, 4.69) is 18.3 Å². The number of benzene rings is 1. The Morgan fingerprint density at radius 2 is 1.96 bits per heavy atom. The Kier molecular flexibility index (Phi) is 6.83. The van der Waals surface area contributed by atoms with Crippen LogP contribution in [-0.2, 0) is 16.1 Å². The number of hydrogen-bond acceptors (Lipinski definition) is 3. The van der Waals surface area contributed by atoms with Crippen LogP contribution >= 0.6 is 11.8 Å². The maximum absolute atomic E-state index is 12.7. The molecular formula is C21H29N3O2S. The fraction of sp³-hybridized carbons (Fsp3) is 0.524. The molecule has 1 aliphatic rings. The minimum Gasteiger partial charge on any atom is -0.355 e. The van der Waals surface area contributed by atoms with Crippen LogP contribution in [0.2, 0.25) is 0 Å². The molecule has 0 bridgehead atoms. The van der Waals surface area contributed by atoms with Crippen LogP contribution < -0.4 is 5.32 Å². The van der Waals surface area contributed by atoms with Crippen LogP contribution in [0.1, 0.15) is 33.1 Å². The third-order valence-electron chi connectivity index (χ3n) is 5.12. The second kappa shape index (κ2) is 9.31. The second-order valence-electron chi connectivity index (χ2n) is 7.34. The van der Waals surface area contributed by atoms with Crippen molar-refractivity contribution in [2.45, 2.75) is 44.6 Å². The fourth-order valence-electron chi connectivity index (χ4n) is 3.42. The Balaban J connectivity index is 1.70. The number of amides is 2. The van der Waals surface area contributed by atoms with Gasteiger partial charge < -0.3 is 14.8 Å². The maximum atomic E-state index is 12.7. The molecule has 1 fully saturated rings. The molecule has 0 unspecified atom stereocenters. The summed E-state index contributed by atoms with van der Waals surface area (Å²) in [6, 6.07) is 8.10. The van der Waals surface area contributed by atoms with Crippen molar-refractivity contribution < 1.29 is 9.59 Å². The predicted molar refractivity (Wildman–Crippen MR) is 111 cm³/mol. The van der Waals surface area contributed by atoms with E-state index in [0.29, 0.717) is 24.8 Å². The lowest BCUT2D eigenvalue weighted by Gasteiger charge is -2.30. The number of fused-ring (bicyclic) bond motifs is 1. The summed E-state index contributed by atoms with van der Waals surface area (Å²) in [5.41, 5.74) is 1.05. The number of thioether (sulfide) groups is 1. The Labute approximate surface area is 165 Å². The number of rotatable bonds is 7. The van der Waals surface area contributed by atoms with Crippen LogP contribution in [0.15, 0.2) is 35.4 Å². The summed E-state index contributed by atoms with van der Waals surface area (Å²) < 4.78 is 2.03. The lowest BCUT2D eigenvalue weighted by molar-refractivity contribution is -0.133. The van der Waals surface area contributed by atoms with Crippen molar-refractivity contribution in [1.82, 2.24) is 14.8 Å². The van der Waals surface area contributed by atoms with Crippen LogP contribution in [0.25, 0.3) is 10.9 Å². The Bertz CT molecular complexity index is 794. The number of hydrogen-bond donors (Lipinski definition) is 1. The van der Waals surface area contributed by atoms with Crippen molar-refractivity contribution in [3.05, 3.63) is 30.5 Å². The first-order valence-electron chi connectivity index (χ1n) is 9.83. The minimum absolute atomic E-state index is 0.0530. The lowest BCUT2D eigenvalue weighted by Crippen LogP contribution is -2.39. The number of carbonyl (C=O) groups excluding carboxylic acids is 2. The average molecular weight is 388 g/mol. The van der Waals surface area contributed by atoms with Crippen LogP contribution in [-0.4, -0.2) is 46.7 Å². The molecule has 2 aromatic rings. The molecule has 0 aliphatic carbocycles. The molecule has 6 heteroatoms. The highest BCUT2D eigenvalue weighted by Gasteiger charge is 2.21. The van der Waals surface area contributed by atoms with Gasteiger partial charge in [0.2, 0.25) is 11.8 Å². The van der Waals surface area contributed by atoms with E-state index in [-0.39, 0.29) is 11.8 Å². The number of nitrogens with zero attached hydrogens (tertiary/aromatic N) is 2. The summed E-state index contributed by atoms with van der Waals surface area (Å²) >= 11 is 1.53. The van der Waals surface area contributed by atoms with Crippen molar-refractivity contribution in [1.29, 1.82) is 0 Å². The van der Waals surface area contributed by atoms with Gasteiger partial charge in [0.05, 0.1) is 5.75 Å².